The quantitative estimate of drug-likeness (QED) is 0.530. The van der Waals surface area contributed by atoms with Gasteiger partial charge in [0.05, 0.1) is 25.1 Å². The molecule has 1 aromatic carbocycles. The van der Waals surface area contributed by atoms with Gasteiger partial charge < -0.3 is 10.1 Å². The average Bonchev–Trinajstić information content (AvgIpc) is 3.26. The van der Waals surface area contributed by atoms with Gasteiger partial charge in [0.15, 0.2) is 11.0 Å². The van der Waals surface area contributed by atoms with E-state index in [1.54, 1.807) is 13.3 Å². The number of aromatic nitrogens is 4. The zero-order valence-corrected chi connectivity index (χ0v) is 18.5. The molecule has 4 rings (SSSR count). The third-order valence-corrected chi connectivity index (χ3v) is 6.42. The molecule has 1 N–H and O–H groups in total. The van der Waals surface area contributed by atoms with Gasteiger partial charge in [0.25, 0.3) is 0 Å². The number of pyridine rings is 1. The molecule has 0 spiro atoms. The summed E-state index contributed by atoms with van der Waals surface area (Å²) in [5, 5.41) is 12.7. The molecule has 3 aromatic rings. The number of hydrogen-bond acceptors (Lipinski definition) is 6. The zero-order chi connectivity index (χ0) is 21.5. The molecule has 0 bridgehead atoms. The highest BCUT2D eigenvalue weighted by atomic mass is 32.2. The molecule has 1 aliphatic rings. The van der Waals surface area contributed by atoms with Crippen molar-refractivity contribution >= 4 is 17.7 Å². The van der Waals surface area contributed by atoms with Gasteiger partial charge in [-0.25, -0.2) is 0 Å². The zero-order valence-electron chi connectivity index (χ0n) is 17.7. The van der Waals surface area contributed by atoms with Gasteiger partial charge in [-0.15, -0.1) is 10.2 Å². The van der Waals surface area contributed by atoms with Gasteiger partial charge in [0, 0.05) is 17.8 Å². The summed E-state index contributed by atoms with van der Waals surface area (Å²) in [5.74, 6) is 1.91. The van der Waals surface area contributed by atoms with Crippen LogP contribution in [0, 0.1) is 0 Å². The SMILES string of the molecule is COc1ccc(-c2nnc(SCC(=O)NCc3ccccn3)n2C2CCCCC2)cc1. The van der Waals surface area contributed by atoms with Gasteiger partial charge in [-0.2, -0.15) is 0 Å². The van der Waals surface area contributed by atoms with Crippen molar-refractivity contribution in [3.8, 4) is 17.1 Å². The monoisotopic (exact) mass is 437 g/mol. The van der Waals surface area contributed by atoms with Crippen molar-refractivity contribution in [3.05, 3.63) is 54.4 Å². The summed E-state index contributed by atoms with van der Waals surface area (Å²) in [6.45, 7) is 0.423. The first-order valence-corrected chi connectivity index (χ1v) is 11.6. The van der Waals surface area contributed by atoms with Crippen LogP contribution in [0.3, 0.4) is 0 Å². The van der Waals surface area contributed by atoms with Gasteiger partial charge in [-0.05, 0) is 49.2 Å². The van der Waals surface area contributed by atoms with Crippen LogP contribution in [0.15, 0.2) is 53.8 Å². The minimum Gasteiger partial charge on any atom is -0.497 e. The Bertz CT molecular complexity index is 985. The maximum Gasteiger partial charge on any atom is 0.230 e. The Balaban J connectivity index is 1.48. The van der Waals surface area contributed by atoms with Crippen LogP contribution in [0.5, 0.6) is 5.75 Å². The predicted octanol–water partition coefficient (Wildman–Crippen LogP) is 4.26. The average molecular weight is 438 g/mol. The maximum atomic E-state index is 12.4. The molecule has 1 saturated carbocycles. The number of nitrogens with zero attached hydrogens (tertiary/aromatic N) is 4. The standard InChI is InChI=1S/C23H27N5O2S/c1-30-20-12-10-17(11-13-20)22-26-27-23(28(22)19-8-3-2-4-9-19)31-16-21(29)25-15-18-7-5-6-14-24-18/h5-7,10-14,19H,2-4,8-9,15-16H2,1H3,(H,25,29). The van der Waals surface area contributed by atoms with Crippen LogP contribution in [0.1, 0.15) is 43.8 Å². The van der Waals surface area contributed by atoms with Gasteiger partial charge in [0.2, 0.25) is 5.91 Å². The molecule has 0 unspecified atom stereocenters. The molecular formula is C23H27N5O2S. The van der Waals surface area contributed by atoms with E-state index in [2.05, 4.69) is 25.1 Å². The Morgan fingerprint density at radius 1 is 1.13 bits per heavy atom. The molecule has 0 aliphatic heterocycles. The van der Waals surface area contributed by atoms with Crippen LogP contribution < -0.4 is 10.1 Å². The second kappa shape index (κ2) is 10.4. The maximum absolute atomic E-state index is 12.4. The largest absolute Gasteiger partial charge is 0.497 e. The minimum atomic E-state index is -0.0418. The van der Waals surface area contributed by atoms with E-state index >= 15 is 0 Å². The summed E-state index contributed by atoms with van der Waals surface area (Å²) in [5.41, 5.74) is 1.85. The topological polar surface area (TPSA) is 81.9 Å². The molecule has 2 aromatic heterocycles. The molecule has 0 atom stereocenters. The molecule has 2 heterocycles. The Hall–Kier alpha value is -2.87. The van der Waals surface area contributed by atoms with E-state index in [0.717, 1.165) is 40.8 Å². The highest BCUT2D eigenvalue weighted by Crippen LogP contribution is 2.35. The van der Waals surface area contributed by atoms with Gasteiger partial charge in [0.1, 0.15) is 5.75 Å². The highest BCUT2D eigenvalue weighted by molar-refractivity contribution is 7.99. The van der Waals surface area contributed by atoms with Gasteiger partial charge in [-0.3, -0.25) is 14.3 Å². The number of rotatable bonds is 8. The fraction of sp³-hybridized carbons (Fsp3) is 0.391. The van der Waals surface area contributed by atoms with E-state index in [-0.39, 0.29) is 5.91 Å². The van der Waals surface area contributed by atoms with Crippen molar-refractivity contribution in [1.82, 2.24) is 25.1 Å². The van der Waals surface area contributed by atoms with E-state index in [4.69, 9.17) is 4.74 Å². The number of benzene rings is 1. The molecule has 0 saturated heterocycles. The van der Waals surface area contributed by atoms with E-state index < -0.39 is 0 Å². The number of hydrogen-bond donors (Lipinski definition) is 1. The van der Waals surface area contributed by atoms with Crippen molar-refractivity contribution in [2.75, 3.05) is 12.9 Å². The second-order valence-corrected chi connectivity index (χ2v) is 8.53. The molecule has 7 nitrogen and oxygen atoms in total. The fourth-order valence-corrected chi connectivity index (χ4v) is 4.69. The Labute approximate surface area is 186 Å². The van der Waals surface area contributed by atoms with Crippen LogP contribution in [0.4, 0.5) is 0 Å². The van der Waals surface area contributed by atoms with Crippen molar-refractivity contribution in [2.24, 2.45) is 0 Å². The van der Waals surface area contributed by atoms with Crippen molar-refractivity contribution in [3.63, 3.8) is 0 Å². The van der Waals surface area contributed by atoms with Crippen LogP contribution in [-0.2, 0) is 11.3 Å². The van der Waals surface area contributed by atoms with E-state index in [1.165, 1.54) is 31.0 Å². The van der Waals surface area contributed by atoms with E-state index in [0.29, 0.717) is 18.3 Å². The lowest BCUT2D eigenvalue weighted by Crippen LogP contribution is -2.25. The molecule has 1 fully saturated rings. The number of methoxy groups -OCH3 is 1. The van der Waals surface area contributed by atoms with E-state index in [1.807, 2.05) is 42.5 Å². The third kappa shape index (κ3) is 5.44. The Kier molecular flexibility index (Phi) is 7.19. The fourth-order valence-electron chi connectivity index (χ4n) is 3.85. The number of amides is 1. The summed E-state index contributed by atoms with van der Waals surface area (Å²) in [6, 6.07) is 13.9. The smallest absolute Gasteiger partial charge is 0.230 e. The Morgan fingerprint density at radius 2 is 1.94 bits per heavy atom. The third-order valence-electron chi connectivity index (χ3n) is 5.48. The molecule has 1 aliphatic carbocycles. The molecule has 1 amide bonds. The minimum absolute atomic E-state index is 0.0418. The van der Waals surface area contributed by atoms with Crippen LogP contribution in [0.25, 0.3) is 11.4 Å². The lowest BCUT2D eigenvalue weighted by atomic mass is 9.95. The second-order valence-electron chi connectivity index (χ2n) is 7.58. The van der Waals surface area contributed by atoms with Crippen molar-refractivity contribution in [2.45, 2.75) is 49.8 Å². The normalized spacial score (nSPS) is 14.4. The van der Waals surface area contributed by atoms with Crippen molar-refractivity contribution < 1.29 is 9.53 Å². The van der Waals surface area contributed by atoms with Gasteiger partial charge >= 0.3 is 0 Å². The number of carbonyl (C=O) groups is 1. The number of nitrogens with one attached hydrogen (secondary N) is 1. The number of ether oxygens (including phenoxy) is 1. The molecule has 31 heavy (non-hydrogen) atoms. The summed E-state index contributed by atoms with van der Waals surface area (Å²) >= 11 is 1.44. The van der Waals surface area contributed by atoms with E-state index in [9.17, 15) is 4.79 Å². The van der Waals surface area contributed by atoms with Crippen molar-refractivity contribution in [1.29, 1.82) is 0 Å². The number of carbonyl (C=O) groups excluding carboxylic acids is 1. The molecular weight excluding hydrogens is 410 g/mol. The Morgan fingerprint density at radius 3 is 2.65 bits per heavy atom. The summed E-state index contributed by atoms with van der Waals surface area (Å²) < 4.78 is 7.51. The number of thioether (sulfide) groups is 1. The predicted molar refractivity (Wildman–Crippen MR) is 121 cm³/mol. The first kappa shape index (κ1) is 21.4. The lowest BCUT2D eigenvalue weighted by Gasteiger charge is -2.25. The lowest BCUT2D eigenvalue weighted by molar-refractivity contribution is -0.118. The first-order chi connectivity index (χ1) is 15.2. The van der Waals surface area contributed by atoms with Gasteiger partial charge in [-0.1, -0.05) is 37.1 Å². The first-order valence-electron chi connectivity index (χ1n) is 10.6. The molecule has 0 radical (unpaired) electrons. The van der Waals surface area contributed by atoms with Crippen LogP contribution in [-0.4, -0.2) is 38.5 Å². The molecule has 8 heteroatoms. The van der Waals surface area contributed by atoms with Crippen LogP contribution >= 0.6 is 11.8 Å². The molecule has 162 valence electrons. The summed E-state index contributed by atoms with van der Waals surface area (Å²) in [6.07, 6.45) is 7.64. The van der Waals surface area contributed by atoms with Crippen LogP contribution in [0.2, 0.25) is 0 Å². The highest BCUT2D eigenvalue weighted by Gasteiger charge is 2.24. The summed E-state index contributed by atoms with van der Waals surface area (Å²) in [4.78, 5) is 16.6. The summed E-state index contributed by atoms with van der Waals surface area (Å²) in [7, 11) is 1.66.